The molecule has 0 aliphatic heterocycles. The van der Waals surface area contributed by atoms with Gasteiger partial charge in [0.1, 0.15) is 0 Å². The van der Waals surface area contributed by atoms with Crippen molar-refractivity contribution in [1.82, 2.24) is 4.90 Å². The van der Waals surface area contributed by atoms with Crippen LogP contribution in [0, 0.1) is 13.8 Å². The molecule has 1 rings (SSSR count). The predicted octanol–water partition coefficient (Wildman–Crippen LogP) is 3.46. The van der Waals surface area contributed by atoms with Gasteiger partial charge in [-0.1, -0.05) is 37.1 Å². The van der Waals surface area contributed by atoms with Gasteiger partial charge in [-0.2, -0.15) is 0 Å². The van der Waals surface area contributed by atoms with Gasteiger partial charge in [-0.25, -0.2) is 0 Å². The Morgan fingerprint density at radius 2 is 1.94 bits per heavy atom. The standard InChI is InChI=1S/C16H27NO/c1-6-7-14(4)17(5)11-16(18)15-9-8-12(2)10-13(15)3/h8-10,14,16,18H,6-7,11H2,1-5H3. The molecule has 0 amide bonds. The lowest BCUT2D eigenvalue weighted by molar-refractivity contribution is 0.105. The quantitative estimate of drug-likeness (QED) is 0.834. The summed E-state index contributed by atoms with van der Waals surface area (Å²) >= 11 is 0. The van der Waals surface area contributed by atoms with E-state index >= 15 is 0 Å². The molecule has 1 N–H and O–H groups in total. The average Bonchev–Trinajstić information content (AvgIpc) is 2.28. The van der Waals surface area contributed by atoms with Crippen LogP contribution in [-0.4, -0.2) is 29.6 Å². The third-order valence-corrected chi connectivity index (χ3v) is 3.70. The van der Waals surface area contributed by atoms with Crippen molar-refractivity contribution in [2.24, 2.45) is 0 Å². The van der Waals surface area contributed by atoms with Crippen molar-refractivity contribution >= 4 is 0 Å². The van der Waals surface area contributed by atoms with Crippen LogP contribution in [0.1, 0.15) is 49.5 Å². The number of aryl methyl sites for hydroxylation is 2. The zero-order valence-corrected chi connectivity index (χ0v) is 12.4. The Balaban J connectivity index is 2.67. The van der Waals surface area contributed by atoms with Gasteiger partial charge in [-0.05, 0) is 45.4 Å². The summed E-state index contributed by atoms with van der Waals surface area (Å²) in [4.78, 5) is 2.24. The van der Waals surface area contributed by atoms with E-state index < -0.39 is 6.10 Å². The summed E-state index contributed by atoms with van der Waals surface area (Å²) < 4.78 is 0. The molecule has 0 radical (unpaired) electrons. The van der Waals surface area contributed by atoms with Crippen LogP contribution >= 0.6 is 0 Å². The number of rotatable bonds is 6. The first-order valence-electron chi connectivity index (χ1n) is 6.91. The highest BCUT2D eigenvalue weighted by molar-refractivity contribution is 5.32. The number of aliphatic hydroxyl groups excluding tert-OH is 1. The maximum atomic E-state index is 10.3. The molecule has 1 aromatic rings. The molecule has 0 aromatic heterocycles. The molecule has 0 aliphatic rings. The SMILES string of the molecule is CCCC(C)N(C)CC(O)c1ccc(C)cc1C. The van der Waals surface area contributed by atoms with E-state index in [2.05, 4.69) is 51.8 Å². The summed E-state index contributed by atoms with van der Waals surface area (Å²) in [6.45, 7) is 9.27. The van der Waals surface area contributed by atoms with Gasteiger partial charge >= 0.3 is 0 Å². The molecule has 1 aromatic carbocycles. The van der Waals surface area contributed by atoms with E-state index in [1.165, 1.54) is 24.0 Å². The molecule has 2 heteroatoms. The monoisotopic (exact) mass is 249 g/mol. The molecule has 2 nitrogen and oxygen atoms in total. The molecule has 0 aliphatic carbocycles. The summed E-state index contributed by atoms with van der Waals surface area (Å²) in [6, 6.07) is 6.78. The smallest absolute Gasteiger partial charge is 0.0919 e. The summed E-state index contributed by atoms with van der Waals surface area (Å²) in [5, 5.41) is 10.3. The molecule has 0 heterocycles. The average molecular weight is 249 g/mol. The minimum Gasteiger partial charge on any atom is -0.387 e. The first-order valence-corrected chi connectivity index (χ1v) is 6.91. The predicted molar refractivity (Wildman–Crippen MR) is 77.9 cm³/mol. The molecule has 18 heavy (non-hydrogen) atoms. The molecule has 0 bridgehead atoms. The summed E-state index contributed by atoms with van der Waals surface area (Å²) in [7, 11) is 2.09. The molecule has 0 fully saturated rings. The van der Waals surface area contributed by atoms with Crippen molar-refractivity contribution < 1.29 is 5.11 Å². The van der Waals surface area contributed by atoms with Gasteiger partial charge in [-0.15, -0.1) is 0 Å². The van der Waals surface area contributed by atoms with Crippen molar-refractivity contribution in [2.75, 3.05) is 13.6 Å². The number of likely N-dealkylation sites (N-methyl/N-ethyl adjacent to an activating group) is 1. The van der Waals surface area contributed by atoms with Gasteiger partial charge in [0, 0.05) is 12.6 Å². The normalized spacial score (nSPS) is 14.8. The fourth-order valence-electron chi connectivity index (χ4n) is 2.39. The van der Waals surface area contributed by atoms with Gasteiger partial charge in [0.25, 0.3) is 0 Å². The lowest BCUT2D eigenvalue weighted by Crippen LogP contribution is -2.33. The van der Waals surface area contributed by atoms with Crippen LogP contribution in [0.2, 0.25) is 0 Å². The van der Waals surface area contributed by atoms with Gasteiger partial charge < -0.3 is 10.0 Å². The summed E-state index contributed by atoms with van der Waals surface area (Å²) in [6.07, 6.45) is 1.97. The Morgan fingerprint density at radius 1 is 1.28 bits per heavy atom. The Labute approximate surface area is 112 Å². The molecule has 0 spiro atoms. The highest BCUT2D eigenvalue weighted by Crippen LogP contribution is 2.20. The number of hydrogen-bond acceptors (Lipinski definition) is 2. The van der Waals surface area contributed by atoms with Crippen LogP contribution < -0.4 is 0 Å². The molecule has 2 unspecified atom stereocenters. The van der Waals surface area contributed by atoms with Crippen molar-refractivity contribution in [3.63, 3.8) is 0 Å². The van der Waals surface area contributed by atoms with Crippen LogP contribution in [0.15, 0.2) is 18.2 Å². The number of nitrogens with zero attached hydrogens (tertiary/aromatic N) is 1. The highest BCUT2D eigenvalue weighted by Gasteiger charge is 2.16. The second kappa shape index (κ2) is 6.91. The second-order valence-corrected chi connectivity index (χ2v) is 5.45. The molecular weight excluding hydrogens is 222 g/mol. The molecule has 0 saturated heterocycles. The zero-order valence-electron chi connectivity index (χ0n) is 12.4. The third-order valence-electron chi connectivity index (χ3n) is 3.70. The molecule has 0 saturated carbocycles. The van der Waals surface area contributed by atoms with Crippen LogP contribution in [0.5, 0.6) is 0 Å². The lowest BCUT2D eigenvalue weighted by Gasteiger charge is -2.27. The first-order chi connectivity index (χ1) is 8.45. The minimum atomic E-state index is -0.394. The Morgan fingerprint density at radius 3 is 2.50 bits per heavy atom. The Hall–Kier alpha value is -0.860. The molecule has 102 valence electrons. The second-order valence-electron chi connectivity index (χ2n) is 5.45. The van der Waals surface area contributed by atoms with E-state index in [0.29, 0.717) is 12.6 Å². The zero-order chi connectivity index (χ0) is 13.7. The summed E-state index contributed by atoms with van der Waals surface area (Å²) in [5.41, 5.74) is 3.48. The van der Waals surface area contributed by atoms with Crippen molar-refractivity contribution in [1.29, 1.82) is 0 Å². The van der Waals surface area contributed by atoms with Crippen LogP contribution in [0.25, 0.3) is 0 Å². The van der Waals surface area contributed by atoms with Crippen LogP contribution in [0.4, 0.5) is 0 Å². The van der Waals surface area contributed by atoms with Gasteiger partial charge in [0.05, 0.1) is 6.10 Å². The number of hydrogen-bond donors (Lipinski definition) is 1. The molecule has 2 atom stereocenters. The van der Waals surface area contributed by atoms with E-state index in [4.69, 9.17) is 0 Å². The van der Waals surface area contributed by atoms with Gasteiger partial charge in [0.15, 0.2) is 0 Å². The fraction of sp³-hybridized carbons (Fsp3) is 0.625. The minimum absolute atomic E-state index is 0.394. The van der Waals surface area contributed by atoms with E-state index in [-0.39, 0.29) is 0 Å². The van der Waals surface area contributed by atoms with E-state index in [1.54, 1.807) is 0 Å². The Kier molecular flexibility index (Phi) is 5.83. The lowest BCUT2D eigenvalue weighted by atomic mass is 10.0. The van der Waals surface area contributed by atoms with E-state index in [9.17, 15) is 5.11 Å². The van der Waals surface area contributed by atoms with Gasteiger partial charge in [-0.3, -0.25) is 0 Å². The fourth-order valence-corrected chi connectivity index (χ4v) is 2.39. The third kappa shape index (κ3) is 4.11. The van der Waals surface area contributed by atoms with Crippen molar-refractivity contribution in [3.05, 3.63) is 34.9 Å². The topological polar surface area (TPSA) is 23.5 Å². The van der Waals surface area contributed by atoms with Crippen LogP contribution in [0.3, 0.4) is 0 Å². The number of benzene rings is 1. The van der Waals surface area contributed by atoms with E-state index in [1.807, 2.05) is 6.07 Å². The van der Waals surface area contributed by atoms with Crippen molar-refractivity contribution in [2.45, 2.75) is 52.7 Å². The first kappa shape index (κ1) is 15.2. The van der Waals surface area contributed by atoms with Crippen molar-refractivity contribution in [3.8, 4) is 0 Å². The summed E-state index contributed by atoms with van der Waals surface area (Å²) in [5.74, 6) is 0. The highest BCUT2D eigenvalue weighted by atomic mass is 16.3. The van der Waals surface area contributed by atoms with E-state index in [0.717, 1.165) is 5.56 Å². The maximum Gasteiger partial charge on any atom is 0.0919 e. The number of aliphatic hydroxyl groups is 1. The maximum absolute atomic E-state index is 10.3. The Bertz CT molecular complexity index is 375. The largest absolute Gasteiger partial charge is 0.387 e. The molecular formula is C16H27NO. The van der Waals surface area contributed by atoms with Gasteiger partial charge in [0.2, 0.25) is 0 Å². The van der Waals surface area contributed by atoms with Crippen LogP contribution in [-0.2, 0) is 0 Å².